The topological polar surface area (TPSA) is 11.4 Å². The Balaban J connectivity index is 1.30. The van der Waals surface area contributed by atoms with Gasteiger partial charge in [0.1, 0.15) is 0 Å². The Morgan fingerprint density at radius 1 is 0.371 bits per heavy atom. The number of unbranched alkanes of at least 4 members (excludes halogenated alkanes) is 4. The molecule has 1 aromatic heterocycles. The molecular formula is C58H60BN3. The van der Waals surface area contributed by atoms with Crippen molar-refractivity contribution in [2.75, 3.05) is 9.80 Å². The van der Waals surface area contributed by atoms with Gasteiger partial charge in [0.25, 0.3) is 6.71 Å². The van der Waals surface area contributed by atoms with Crippen molar-refractivity contribution in [1.29, 1.82) is 0 Å². The molecule has 8 aromatic rings. The second kappa shape index (κ2) is 17.4. The van der Waals surface area contributed by atoms with Gasteiger partial charge in [0.15, 0.2) is 0 Å². The molecule has 0 N–H and O–H groups in total. The molecule has 4 heteroatoms. The van der Waals surface area contributed by atoms with E-state index in [2.05, 4.69) is 188 Å². The number of benzene rings is 7. The van der Waals surface area contributed by atoms with Gasteiger partial charge in [-0.1, -0.05) is 138 Å². The number of rotatable bonds is 15. The summed E-state index contributed by atoms with van der Waals surface area (Å²) in [5, 5.41) is 2.56. The molecule has 310 valence electrons. The van der Waals surface area contributed by atoms with Gasteiger partial charge in [-0.15, -0.1) is 0 Å². The zero-order chi connectivity index (χ0) is 42.2. The third-order valence-corrected chi connectivity index (χ3v) is 13.7. The molecule has 0 atom stereocenters. The minimum atomic E-state index is 0.0838. The van der Waals surface area contributed by atoms with Gasteiger partial charge in [0.2, 0.25) is 0 Å². The van der Waals surface area contributed by atoms with Crippen LogP contribution in [0.15, 0.2) is 146 Å². The monoisotopic (exact) mass is 809 g/mol. The number of para-hydroxylation sites is 2. The zero-order valence-electron chi connectivity index (χ0n) is 37.3. The molecule has 0 saturated heterocycles. The number of hydrogen-bond acceptors (Lipinski definition) is 2. The van der Waals surface area contributed by atoms with E-state index in [0.29, 0.717) is 0 Å². The van der Waals surface area contributed by atoms with Gasteiger partial charge >= 0.3 is 0 Å². The third kappa shape index (κ3) is 7.12. The van der Waals surface area contributed by atoms with Crippen molar-refractivity contribution in [1.82, 2.24) is 4.57 Å². The summed E-state index contributed by atoms with van der Waals surface area (Å²) in [6.07, 6.45) is 14.0. The van der Waals surface area contributed by atoms with Crippen molar-refractivity contribution in [3.05, 3.63) is 168 Å². The van der Waals surface area contributed by atoms with Crippen LogP contribution in [0.5, 0.6) is 0 Å². The molecule has 0 spiro atoms. The molecule has 0 amide bonds. The van der Waals surface area contributed by atoms with E-state index in [1.54, 1.807) is 0 Å². The number of aromatic nitrogens is 1. The first-order valence-electron chi connectivity index (χ1n) is 23.8. The van der Waals surface area contributed by atoms with Crippen molar-refractivity contribution >= 4 is 79.0 Å². The van der Waals surface area contributed by atoms with E-state index in [-0.39, 0.29) is 6.71 Å². The van der Waals surface area contributed by atoms with E-state index >= 15 is 0 Å². The lowest BCUT2D eigenvalue weighted by Crippen LogP contribution is -2.61. The van der Waals surface area contributed by atoms with Crippen LogP contribution in [-0.4, -0.2) is 11.3 Å². The zero-order valence-corrected chi connectivity index (χ0v) is 37.3. The van der Waals surface area contributed by atoms with Gasteiger partial charge in [-0.3, -0.25) is 0 Å². The van der Waals surface area contributed by atoms with Crippen molar-refractivity contribution in [3.63, 3.8) is 0 Å². The molecule has 0 unspecified atom stereocenters. The van der Waals surface area contributed by atoms with Gasteiger partial charge in [-0.2, -0.15) is 0 Å². The van der Waals surface area contributed by atoms with Crippen LogP contribution in [0.3, 0.4) is 0 Å². The quantitative estimate of drug-likeness (QED) is 0.0956. The normalized spacial score (nSPS) is 12.9. The predicted octanol–water partition coefficient (Wildman–Crippen LogP) is 14.2. The molecule has 3 nitrogen and oxygen atoms in total. The molecule has 0 fully saturated rings. The van der Waals surface area contributed by atoms with Crippen LogP contribution in [0.4, 0.5) is 34.1 Å². The Labute approximate surface area is 370 Å². The van der Waals surface area contributed by atoms with E-state index in [1.807, 2.05) is 0 Å². The lowest BCUT2D eigenvalue weighted by Gasteiger charge is -2.44. The van der Waals surface area contributed by atoms with Gasteiger partial charge in [0, 0.05) is 44.9 Å². The fourth-order valence-corrected chi connectivity index (χ4v) is 10.4. The Morgan fingerprint density at radius 3 is 1.18 bits per heavy atom. The summed E-state index contributed by atoms with van der Waals surface area (Å²) in [4.78, 5) is 5.21. The molecule has 2 aliphatic heterocycles. The summed E-state index contributed by atoms with van der Waals surface area (Å²) in [6.45, 7) is 9.27. The molecule has 7 aromatic carbocycles. The second-order valence-electron chi connectivity index (χ2n) is 17.9. The average molecular weight is 810 g/mol. The lowest BCUT2D eigenvalue weighted by atomic mass is 9.33. The highest BCUT2D eigenvalue weighted by Gasteiger charge is 2.44. The number of anilines is 6. The van der Waals surface area contributed by atoms with Gasteiger partial charge in [-0.25, -0.2) is 0 Å². The van der Waals surface area contributed by atoms with Gasteiger partial charge < -0.3 is 14.4 Å². The maximum Gasteiger partial charge on any atom is 0.252 e. The number of fused-ring (bicyclic) bond motifs is 7. The van der Waals surface area contributed by atoms with E-state index in [9.17, 15) is 0 Å². The van der Waals surface area contributed by atoms with Crippen molar-refractivity contribution in [2.45, 2.75) is 105 Å². The van der Waals surface area contributed by atoms with Crippen LogP contribution in [0.2, 0.25) is 0 Å². The number of aryl methyl sites for hydroxylation is 4. The second-order valence-corrected chi connectivity index (χ2v) is 17.9. The first-order chi connectivity index (χ1) is 30.6. The summed E-state index contributed by atoms with van der Waals surface area (Å²) in [5.41, 5.74) is 21.0. The smallest absolute Gasteiger partial charge is 0.252 e. The summed E-state index contributed by atoms with van der Waals surface area (Å²) >= 11 is 0. The predicted molar refractivity (Wildman–Crippen MR) is 269 cm³/mol. The molecule has 0 bridgehead atoms. The van der Waals surface area contributed by atoms with Crippen molar-refractivity contribution in [2.24, 2.45) is 0 Å². The van der Waals surface area contributed by atoms with E-state index < -0.39 is 0 Å². The van der Waals surface area contributed by atoms with Crippen LogP contribution >= 0.6 is 0 Å². The molecule has 0 radical (unpaired) electrons. The molecule has 3 heterocycles. The Morgan fingerprint density at radius 2 is 0.758 bits per heavy atom. The molecule has 10 rings (SSSR count). The first kappa shape index (κ1) is 40.1. The van der Waals surface area contributed by atoms with Crippen LogP contribution in [0.25, 0.3) is 27.5 Å². The average Bonchev–Trinajstić information content (AvgIpc) is 3.66. The van der Waals surface area contributed by atoms with Crippen LogP contribution < -0.4 is 26.2 Å². The third-order valence-electron chi connectivity index (χ3n) is 13.7. The number of hydrogen-bond donors (Lipinski definition) is 0. The van der Waals surface area contributed by atoms with Crippen molar-refractivity contribution < 1.29 is 0 Å². The number of nitrogens with zero attached hydrogens (tertiary/aromatic N) is 3. The van der Waals surface area contributed by atoms with Crippen molar-refractivity contribution in [3.8, 4) is 5.69 Å². The van der Waals surface area contributed by atoms with E-state index in [1.165, 1.54) is 152 Å². The van der Waals surface area contributed by atoms with Gasteiger partial charge in [0.05, 0.1) is 16.7 Å². The largest absolute Gasteiger partial charge is 0.311 e. The Bertz CT molecular complexity index is 2680. The molecule has 0 saturated carbocycles. The Hall–Kier alpha value is -6.00. The minimum Gasteiger partial charge on any atom is -0.311 e. The maximum absolute atomic E-state index is 2.60. The fraction of sp³-hybridized carbons (Fsp3) is 0.276. The fourth-order valence-electron chi connectivity index (χ4n) is 10.4. The summed E-state index contributed by atoms with van der Waals surface area (Å²) < 4.78 is 2.52. The Kier molecular flexibility index (Phi) is 11.3. The molecule has 0 aliphatic carbocycles. The van der Waals surface area contributed by atoms with Crippen LogP contribution in [0, 0.1) is 0 Å². The summed E-state index contributed by atoms with van der Waals surface area (Å²) in [5.74, 6) is 0. The highest BCUT2D eigenvalue weighted by atomic mass is 15.2. The highest BCUT2D eigenvalue weighted by molar-refractivity contribution is 7.00. The first-order valence-corrected chi connectivity index (χ1v) is 23.8. The van der Waals surface area contributed by atoms with Crippen LogP contribution in [0.1, 0.15) is 101 Å². The van der Waals surface area contributed by atoms with E-state index in [4.69, 9.17) is 0 Å². The highest BCUT2D eigenvalue weighted by Crippen LogP contribution is 2.46. The van der Waals surface area contributed by atoms with E-state index in [0.717, 1.165) is 25.7 Å². The standard InChI is InChI=1S/C58H60BN3/c1-5-9-17-41-25-31-45(32-26-41)60-54-35-29-43(19-11-7-3)37-50(54)59-51-38-44(20-12-8-4)30-36-55(51)61(46-33-27-42(28-34-46)18-10-6-2)57-40-47(39-56(60)58(57)59)62-52-23-15-13-21-48(52)49-22-14-16-24-53(49)62/h13-16,21-40H,5-12,17-20H2,1-4H3. The maximum atomic E-state index is 2.60. The summed E-state index contributed by atoms with van der Waals surface area (Å²) in [6, 6.07) is 56.8. The van der Waals surface area contributed by atoms with Gasteiger partial charge in [-0.05, 0) is 151 Å². The lowest BCUT2D eigenvalue weighted by molar-refractivity contribution is 0.795. The molecule has 2 aliphatic rings. The molecule has 62 heavy (non-hydrogen) atoms. The summed E-state index contributed by atoms with van der Waals surface area (Å²) in [7, 11) is 0. The SMILES string of the molecule is CCCCc1ccc(N2c3ccc(CCCC)cc3B3c4cc(CCCC)ccc4N(c4ccc(CCCC)cc4)c4cc(-n5c6ccccc6c6ccccc65)cc2c43)cc1. The van der Waals surface area contributed by atoms with Crippen LogP contribution in [-0.2, 0) is 25.7 Å². The minimum absolute atomic E-state index is 0.0838. The molecular weight excluding hydrogens is 749 g/mol.